The van der Waals surface area contributed by atoms with Gasteiger partial charge in [-0.1, -0.05) is 13.8 Å². The highest BCUT2D eigenvalue weighted by Crippen LogP contribution is 2.15. The quantitative estimate of drug-likeness (QED) is 0.750. The van der Waals surface area contributed by atoms with Gasteiger partial charge in [-0.3, -0.25) is 9.52 Å². The summed E-state index contributed by atoms with van der Waals surface area (Å²) in [7, 11) is -3.30. The Labute approximate surface area is 113 Å². The third-order valence-electron chi connectivity index (χ3n) is 2.48. The molecule has 1 unspecified atom stereocenters. The van der Waals surface area contributed by atoms with Crippen molar-refractivity contribution in [3.8, 4) is 0 Å². The average Bonchev–Trinajstić information content (AvgIpc) is 2.28. The van der Waals surface area contributed by atoms with Crippen molar-refractivity contribution in [2.75, 3.05) is 16.3 Å². The number of hydrogen-bond donors (Lipinski definition) is 3. The van der Waals surface area contributed by atoms with Gasteiger partial charge in [-0.25, -0.2) is 8.42 Å². The van der Waals surface area contributed by atoms with Crippen molar-refractivity contribution in [1.82, 2.24) is 0 Å². The molecule has 1 aromatic rings. The van der Waals surface area contributed by atoms with Crippen LogP contribution >= 0.6 is 0 Å². The van der Waals surface area contributed by atoms with Crippen molar-refractivity contribution in [1.29, 1.82) is 0 Å². The molecule has 7 heteroatoms. The van der Waals surface area contributed by atoms with Crippen molar-refractivity contribution in [3.05, 3.63) is 24.3 Å². The predicted octanol–water partition coefficient (Wildman–Crippen LogP) is 0.980. The summed E-state index contributed by atoms with van der Waals surface area (Å²) in [5.41, 5.74) is 6.73. The first-order chi connectivity index (χ1) is 8.69. The Morgan fingerprint density at radius 2 is 1.63 bits per heavy atom. The van der Waals surface area contributed by atoms with Crippen LogP contribution in [0.15, 0.2) is 24.3 Å². The number of carbonyl (C=O) groups excluding carboxylic acids is 1. The van der Waals surface area contributed by atoms with E-state index in [0.717, 1.165) is 6.26 Å². The Kier molecular flexibility index (Phi) is 4.90. The molecule has 106 valence electrons. The molecule has 0 bridgehead atoms. The predicted molar refractivity (Wildman–Crippen MR) is 76.4 cm³/mol. The molecule has 0 aliphatic heterocycles. The molecule has 1 atom stereocenters. The van der Waals surface area contributed by atoms with Gasteiger partial charge in [0.05, 0.1) is 12.3 Å². The fourth-order valence-electron chi connectivity index (χ4n) is 1.36. The van der Waals surface area contributed by atoms with E-state index >= 15 is 0 Å². The van der Waals surface area contributed by atoms with Gasteiger partial charge in [-0.2, -0.15) is 0 Å². The van der Waals surface area contributed by atoms with Gasteiger partial charge in [-0.05, 0) is 30.2 Å². The summed E-state index contributed by atoms with van der Waals surface area (Å²) in [4.78, 5) is 11.7. The smallest absolute Gasteiger partial charge is 0.241 e. The Morgan fingerprint density at radius 3 is 2.05 bits per heavy atom. The van der Waals surface area contributed by atoms with E-state index in [4.69, 9.17) is 5.73 Å². The number of anilines is 2. The summed E-state index contributed by atoms with van der Waals surface area (Å²) in [6, 6.07) is 5.78. The van der Waals surface area contributed by atoms with E-state index in [1.165, 1.54) is 0 Å². The van der Waals surface area contributed by atoms with Crippen LogP contribution < -0.4 is 15.8 Å². The van der Waals surface area contributed by atoms with E-state index in [9.17, 15) is 13.2 Å². The number of carbonyl (C=O) groups is 1. The van der Waals surface area contributed by atoms with Crippen molar-refractivity contribution in [2.24, 2.45) is 11.7 Å². The summed E-state index contributed by atoms with van der Waals surface area (Å²) in [5, 5.41) is 2.67. The molecule has 6 nitrogen and oxygen atoms in total. The first-order valence-electron chi connectivity index (χ1n) is 5.83. The lowest BCUT2D eigenvalue weighted by molar-refractivity contribution is -0.118. The van der Waals surface area contributed by atoms with Gasteiger partial charge in [-0.15, -0.1) is 0 Å². The van der Waals surface area contributed by atoms with E-state index in [0.29, 0.717) is 11.4 Å². The van der Waals surface area contributed by atoms with Crippen LogP contribution in [-0.2, 0) is 14.8 Å². The maximum atomic E-state index is 11.7. The third kappa shape index (κ3) is 5.27. The number of nitrogens with one attached hydrogen (secondary N) is 2. The van der Waals surface area contributed by atoms with E-state index in [1.807, 2.05) is 13.8 Å². The third-order valence-corrected chi connectivity index (χ3v) is 3.08. The molecule has 0 saturated carbocycles. The minimum Gasteiger partial charge on any atom is -0.325 e. The lowest BCUT2D eigenvalue weighted by atomic mass is 10.0. The Balaban J connectivity index is 2.70. The number of benzene rings is 1. The number of sulfonamides is 1. The number of amides is 1. The van der Waals surface area contributed by atoms with E-state index < -0.39 is 16.1 Å². The topological polar surface area (TPSA) is 101 Å². The highest BCUT2D eigenvalue weighted by molar-refractivity contribution is 7.92. The van der Waals surface area contributed by atoms with Crippen molar-refractivity contribution in [2.45, 2.75) is 19.9 Å². The Bertz CT molecular complexity index is 538. The molecule has 19 heavy (non-hydrogen) atoms. The molecule has 0 heterocycles. The van der Waals surface area contributed by atoms with E-state index in [1.54, 1.807) is 24.3 Å². The van der Waals surface area contributed by atoms with Crippen LogP contribution in [0.5, 0.6) is 0 Å². The molecule has 0 spiro atoms. The highest BCUT2D eigenvalue weighted by atomic mass is 32.2. The summed E-state index contributed by atoms with van der Waals surface area (Å²) in [6.45, 7) is 3.73. The fraction of sp³-hybridized carbons (Fsp3) is 0.417. The molecule has 0 fully saturated rings. The van der Waals surface area contributed by atoms with Crippen molar-refractivity contribution >= 4 is 27.3 Å². The van der Waals surface area contributed by atoms with Gasteiger partial charge in [0.1, 0.15) is 0 Å². The van der Waals surface area contributed by atoms with Crippen molar-refractivity contribution < 1.29 is 13.2 Å². The summed E-state index contributed by atoms with van der Waals surface area (Å²) < 4.78 is 24.4. The second kappa shape index (κ2) is 6.03. The van der Waals surface area contributed by atoms with Crippen LogP contribution in [0.3, 0.4) is 0 Å². The van der Waals surface area contributed by atoms with Gasteiger partial charge < -0.3 is 11.1 Å². The summed E-state index contributed by atoms with van der Waals surface area (Å²) >= 11 is 0. The molecule has 0 saturated heterocycles. The van der Waals surface area contributed by atoms with Crippen LogP contribution in [-0.4, -0.2) is 26.6 Å². The normalized spacial score (nSPS) is 13.1. The van der Waals surface area contributed by atoms with Crippen LogP contribution in [0.2, 0.25) is 0 Å². The molecule has 0 radical (unpaired) electrons. The zero-order chi connectivity index (χ0) is 14.6. The minimum atomic E-state index is -3.30. The highest BCUT2D eigenvalue weighted by Gasteiger charge is 2.17. The lowest BCUT2D eigenvalue weighted by Crippen LogP contribution is -2.39. The number of rotatable bonds is 5. The second-order valence-electron chi connectivity index (χ2n) is 4.71. The maximum Gasteiger partial charge on any atom is 0.241 e. The van der Waals surface area contributed by atoms with Gasteiger partial charge in [0.2, 0.25) is 15.9 Å². The standard InChI is InChI=1S/C12H19N3O3S/c1-8(2)11(13)12(16)14-9-4-6-10(7-5-9)15-19(3,17)18/h4-8,11,15H,13H2,1-3H3,(H,14,16). The van der Waals surface area contributed by atoms with Gasteiger partial charge in [0.25, 0.3) is 0 Å². The lowest BCUT2D eigenvalue weighted by Gasteiger charge is -2.15. The number of nitrogens with two attached hydrogens (primary N) is 1. The number of hydrogen-bond acceptors (Lipinski definition) is 4. The minimum absolute atomic E-state index is 0.0474. The van der Waals surface area contributed by atoms with Crippen molar-refractivity contribution in [3.63, 3.8) is 0 Å². The van der Waals surface area contributed by atoms with Crippen LogP contribution in [0.4, 0.5) is 11.4 Å². The Hall–Kier alpha value is -1.60. The zero-order valence-electron chi connectivity index (χ0n) is 11.2. The molecule has 1 aromatic carbocycles. The monoisotopic (exact) mass is 285 g/mol. The molecule has 0 aliphatic carbocycles. The largest absolute Gasteiger partial charge is 0.325 e. The first kappa shape index (κ1) is 15.5. The van der Waals surface area contributed by atoms with Crippen LogP contribution in [0.1, 0.15) is 13.8 Å². The van der Waals surface area contributed by atoms with Crippen LogP contribution in [0.25, 0.3) is 0 Å². The summed E-state index contributed by atoms with van der Waals surface area (Å²) in [6.07, 6.45) is 1.07. The van der Waals surface area contributed by atoms with Gasteiger partial charge in [0.15, 0.2) is 0 Å². The molecule has 1 amide bonds. The molecular formula is C12H19N3O3S. The molecule has 0 aliphatic rings. The maximum absolute atomic E-state index is 11.7. The first-order valence-corrected chi connectivity index (χ1v) is 7.72. The second-order valence-corrected chi connectivity index (χ2v) is 6.46. The zero-order valence-corrected chi connectivity index (χ0v) is 12.0. The molecule has 4 N–H and O–H groups in total. The fourth-order valence-corrected chi connectivity index (χ4v) is 1.93. The van der Waals surface area contributed by atoms with E-state index in [-0.39, 0.29) is 11.8 Å². The van der Waals surface area contributed by atoms with Gasteiger partial charge >= 0.3 is 0 Å². The van der Waals surface area contributed by atoms with Crippen LogP contribution in [0, 0.1) is 5.92 Å². The molecular weight excluding hydrogens is 266 g/mol. The SMILES string of the molecule is CC(C)C(N)C(=O)Nc1ccc(NS(C)(=O)=O)cc1. The Morgan fingerprint density at radius 1 is 1.16 bits per heavy atom. The molecule has 1 rings (SSSR count). The molecule has 0 aromatic heterocycles. The summed E-state index contributed by atoms with van der Waals surface area (Å²) in [5.74, 6) is -0.218. The van der Waals surface area contributed by atoms with Gasteiger partial charge in [0, 0.05) is 11.4 Å². The van der Waals surface area contributed by atoms with E-state index in [2.05, 4.69) is 10.0 Å². The average molecular weight is 285 g/mol.